The van der Waals surface area contributed by atoms with Crippen LogP contribution >= 0.6 is 11.6 Å². The Morgan fingerprint density at radius 3 is 2.36 bits per heavy atom. The van der Waals surface area contributed by atoms with Gasteiger partial charge in [-0.05, 0) is 69.8 Å². The van der Waals surface area contributed by atoms with Gasteiger partial charge in [0.05, 0.1) is 10.6 Å². The van der Waals surface area contributed by atoms with Crippen molar-refractivity contribution >= 4 is 33.2 Å². The molecule has 3 rings (SSSR count). The molecule has 0 radical (unpaired) electrons. The van der Waals surface area contributed by atoms with Gasteiger partial charge in [0.15, 0.2) is 0 Å². The number of sulfonamides is 1. The maximum Gasteiger partial charge on any atom is 0.264 e. The number of amides is 1. The molecule has 0 aliphatic carbocycles. The average molecular weight is 493 g/mol. The third kappa shape index (κ3) is 6.93. The van der Waals surface area contributed by atoms with Gasteiger partial charge in [0.2, 0.25) is 5.91 Å². The SMILES string of the molecule is Cc1ccc(S(=O)(=O)N(CC(=O)NCCCN2CCN(C)CC2)c2ccc(Cl)cc2C)cc1. The summed E-state index contributed by atoms with van der Waals surface area (Å²) in [5.41, 5.74) is 2.08. The first-order valence-electron chi connectivity index (χ1n) is 11.2. The van der Waals surface area contributed by atoms with Crippen LogP contribution in [0.5, 0.6) is 0 Å². The molecule has 0 unspecified atom stereocenters. The van der Waals surface area contributed by atoms with Crippen LogP contribution in [0.3, 0.4) is 0 Å². The van der Waals surface area contributed by atoms with Crippen molar-refractivity contribution in [2.75, 3.05) is 57.2 Å². The Morgan fingerprint density at radius 2 is 1.73 bits per heavy atom. The summed E-state index contributed by atoms with van der Waals surface area (Å²) in [7, 11) is -1.82. The lowest BCUT2D eigenvalue weighted by Crippen LogP contribution is -2.45. The van der Waals surface area contributed by atoms with Crippen molar-refractivity contribution in [3.63, 3.8) is 0 Å². The van der Waals surface area contributed by atoms with Crippen LogP contribution in [0.1, 0.15) is 17.5 Å². The monoisotopic (exact) mass is 492 g/mol. The molecule has 1 amide bonds. The molecule has 1 aliphatic heterocycles. The number of halogens is 1. The molecule has 0 spiro atoms. The number of hydrogen-bond donors (Lipinski definition) is 1. The zero-order valence-corrected chi connectivity index (χ0v) is 21.1. The summed E-state index contributed by atoms with van der Waals surface area (Å²) in [5, 5.41) is 3.40. The van der Waals surface area contributed by atoms with E-state index in [0.29, 0.717) is 22.8 Å². The molecule has 180 valence electrons. The fraction of sp³-hybridized carbons (Fsp3) is 0.458. The number of carbonyl (C=O) groups excluding carboxylic acids is 1. The van der Waals surface area contributed by atoms with Crippen LogP contribution in [0.2, 0.25) is 5.02 Å². The standard InChI is InChI=1S/C24H33ClN4O3S/c1-19-5-8-22(9-6-19)33(31,32)29(23-10-7-21(25)17-20(23)2)18-24(30)26-11-4-12-28-15-13-27(3)14-16-28/h5-10,17H,4,11-16,18H2,1-3H3,(H,26,30). The van der Waals surface area contributed by atoms with Gasteiger partial charge in [-0.15, -0.1) is 0 Å². The first kappa shape index (κ1) is 25.5. The topological polar surface area (TPSA) is 73.0 Å². The molecular formula is C24H33ClN4O3S. The normalized spacial score (nSPS) is 15.4. The number of anilines is 1. The molecule has 0 bridgehead atoms. The number of hydrogen-bond acceptors (Lipinski definition) is 5. The van der Waals surface area contributed by atoms with E-state index in [1.54, 1.807) is 49.4 Å². The van der Waals surface area contributed by atoms with Gasteiger partial charge in [-0.3, -0.25) is 9.10 Å². The Kier molecular flexibility index (Phi) is 8.75. The highest BCUT2D eigenvalue weighted by molar-refractivity contribution is 7.92. The van der Waals surface area contributed by atoms with E-state index < -0.39 is 10.0 Å². The van der Waals surface area contributed by atoms with Crippen molar-refractivity contribution < 1.29 is 13.2 Å². The maximum absolute atomic E-state index is 13.5. The summed E-state index contributed by atoms with van der Waals surface area (Å²) in [6, 6.07) is 11.6. The van der Waals surface area contributed by atoms with Crippen LogP contribution in [0, 0.1) is 13.8 Å². The fourth-order valence-electron chi connectivity index (χ4n) is 3.82. The lowest BCUT2D eigenvalue weighted by Gasteiger charge is -2.32. The highest BCUT2D eigenvalue weighted by atomic mass is 35.5. The molecule has 1 N–H and O–H groups in total. The van der Waals surface area contributed by atoms with E-state index in [1.165, 1.54) is 4.31 Å². The average Bonchev–Trinajstić information content (AvgIpc) is 2.77. The molecule has 1 heterocycles. The molecule has 7 nitrogen and oxygen atoms in total. The molecule has 0 aromatic heterocycles. The van der Waals surface area contributed by atoms with Crippen molar-refractivity contribution in [1.82, 2.24) is 15.1 Å². The lowest BCUT2D eigenvalue weighted by molar-refractivity contribution is -0.119. The molecule has 33 heavy (non-hydrogen) atoms. The maximum atomic E-state index is 13.5. The zero-order valence-electron chi connectivity index (χ0n) is 19.6. The number of carbonyl (C=O) groups is 1. The third-order valence-electron chi connectivity index (χ3n) is 5.89. The summed E-state index contributed by atoms with van der Waals surface area (Å²) < 4.78 is 28.1. The lowest BCUT2D eigenvalue weighted by atomic mass is 10.2. The molecule has 2 aromatic carbocycles. The minimum Gasteiger partial charge on any atom is -0.354 e. The predicted molar refractivity (Wildman–Crippen MR) is 133 cm³/mol. The highest BCUT2D eigenvalue weighted by Gasteiger charge is 2.28. The van der Waals surface area contributed by atoms with Crippen LogP contribution in [0.25, 0.3) is 0 Å². The number of aryl methyl sites for hydroxylation is 2. The fourth-order valence-corrected chi connectivity index (χ4v) is 5.54. The summed E-state index contributed by atoms with van der Waals surface area (Å²) in [4.78, 5) is 17.6. The van der Waals surface area contributed by atoms with Gasteiger partial charge in [-0.2, -0.15) is 0 Å². The third-order valence-corrected chi connectivity index (χ3v) is 7.90. The van der Waals surface area contributed by atoms with Crippen LogP contribution in [0.4, 0.5) is 5.69 Å². The Bertz CT molecular complexity index is 1050. The number of piperazine rings is 1. The highest BCUT2D eigenvalue weighted by Crippen LogP contribution is 2.29. The molecule has 1 aliphatic rings. The van der Waals surface area contributed by atoms with E-state index in [9.17, 15) is 13.2 Å². The summed E-state index contributed by atoms with van der Waals surface area (Å²) >= 11 is 6.08. The Hall–Kier alpha value is -2.13. The molecule has 0 atom stereocenters. The van der Waals surface area contributed by atoms with Gasteiger partial charge >= 0.3 is 0 Å². The Labute approximate surface area is 202 Å². The second-order valence-electron chi connectivity index (χ2n) is 8.60. The summed E-state index contributed by atoms with van der Waals surface area (Å²) in [6.45, 7) is 8.97. The van der Waals surface area contributed by atoms with Gasteiger partial charge in [-0.25, -0.2) is 8.42 Å². The number of nitrogens with zero attached hydrogens (tertiary/aromatic N) is 3. The Morgan fingerprint density at radius 1 is 1.06 bits per heavy atom. The van der Waals surface area contributed by atoms with Gasteiger partial charge < -0.3 is 15.1 Å². The van der Waals surface area contributed by atoms with E-state index in [2.05, 4.69) is 22.2 Å². The first-order chi connectivity index (χ1) is 15.7. The van der Waals surface area contributed by atoms with E-state index in [4.69, 9.17) is 11.6 Å². The van der Waals surface area contributed by atoms with Crippen LogP contribution in [-0.2, 0) is 14.8 Å². The molecule has 0 saturated carbocycles. The second-order valence-corrected chi connectivity index (χ2v) is 10.9. The molecular weight excluding hydrogens is 460 g/mol. The predicted octanol–water partition coefficient (Wildman–Crippen LogP) is 2.91. The van der Waals surface area contributed by atoms with Gasteiger partial charge in [0.1, 0.15) is 6.54 Å². The number of likely N-dealkylation sites (N-methyl/N-ethyl adjacent to an activating group) is 1. The molecule has 1 saturated heterocycles. The zero-order chi connectivity index (χ0) is 24.0. The first-order valence-corrected chi connectivity index (χ1v) is 13.0. The van der Waals surface area contributed by atoms with Crippen molar-refractivity contribution in [2.24, 2.45) is 0 Å². The van der Waals surface area contributed by atoms with Crippen molar-refractivity contribution in [1.29, 1.82) is 0 Å². The number of benzene rings is 2. The van der Waals surface area contributed by atoms with Crippen molar-refractivity contribution in [3.8, 4) is 0 Å². The van der Waals surface area contributed by atoms with Gasteiger partial charge in [0, 0.05) is 37.7 Å². The van der Waals surface area contributed by atoms with Crippen molar-refractivity contribution in [2.45, 2.75) is 25.2 Å². The number of nitrogens with one attached hydrogen (secondary N) is 1. The quantitative estimate of drug-likeness (QED) is 0.545. The van der Waals surface area contributed by atoms with E-state index in [-0.39, 0.29) is 17.3 Å². The van der Waals surface area contributed by atoms with E-state index in [0.717, 1.165) is 44.7 Å². The minimum atomic E-state index is -3.94. The molecule has 9 heteroatoms. The smallest absolute Gasteiger partial charge is 0.264 e. The van der Waals surface area contributed by atoms with Crippen LogP contribution in [0.15, 0.2) is 47.4 Å². The van der Waals surface area contributed by atoms with Gasteiger partial charge in [-0.1, -0.05) is 29.3 Å². The van der Waals surface area contributed by atoms with E-state index >= 15 is 0 Å². The Balaban J connectivity index is 1.69. The largest absolute Gasteiger partial charge is 0.354 e. The number of rotatable bonds is 9. The van der Waals surface area contributed by atoms with E-state index in [1.807, 2.05) is 6.92 Å². The minimum absolute atomic E-state index is 0.144. The summed E-state index contributed by atoms with van der Waals surface area (Å²) in [5.74, 6) is -0.335. The second kappa shape index (κ2) is 11.3. The van der Waals surface area contributed by atoms with Crippen molar-refractivity contribution in [3.05, 3.63) is 58.6 Å². The molecule has 1 fully saturated rings. The van der Waals surface area contributed by atoms with Gasteiger partial charge in [0.25, 0.3) is 10.0 Å². The van der Waals surface area contributed by atoms with Crippen LogP contribution in [-0.4, -0.2) is 77.0 Å². The summed E-state index contributed by atoms with van der Waals surface area (Å²) in [6.07, 6.45) is 0.820. The van der Waals surface area contributed by atoms with Crippen LogP contribution < -0.4 is 9.62 Å². The molecule has 2 aromatic rings.